The minimum absolute atomic E-state index is 0.0309. The largest absolute Gasteiger partial charge is 0.482 e. The summed E-state index contributed by atoms with van der Waals surface area (Å²) in [6.45, 7) is 2.20. The summed E-state index contributed by atoms with van der Waals surface area (Å²) >= 11 is 0. The zero-order valence-electron chi connectivity index (χ0n) is 11.3. The van der Waals surface area contributed by atoms with Crippen LogP contribution in [-0.4, -0.2) is 33.2 Å². The summed E-state index contributed by atoms with van der Waals surface area (Å²) < 4.78 is 30.8. The molecule has 1 amide bonds. The first kappa shape index (κ1) is 14.8. The molecule has 2 rings (SSSR count). The van der Waals surface area contributed by atoms with Crippen LogP contribution in [0.25, 0.3) is 0 Å². The fourth-order valence-corrected chi connectivity index (χ4v) is 3.07. The van der Waals surface area contributed by atoms with E-state index in [2.05, 4.69) is 10.0 Å². The molecule has 0 saturated carbocycles. The summed E-state index contributed by atoms with van der Waals surface area (Å²) in [6.07, 6.45) is 1.16. The van der Waals surface area contributed by atoms with E-state index in [-0.39, 0.29) is 18.3 Å². The van der Waals surface area contributed by atoms with Crippen LogP contribution < -0.4 is 14.8 Å². The van der Waals surface area contributed by atoms with Gasteiger partial charge in [-0.05, 0) is 30.5 Å². The summed E-state index contributed by atoms with van der Waals surface area (Å²) in [6, 6.07) is 5.45. The SMILES string of the molecule is CCCS(=O)(=O)NCCc1ccc2c(c1)NC(=O)CO2. The van der Waals surface area contributed by atoms with Crippen LogP contribution in [0, 0.1) is 0 Å². The minimum Gasteiger partial charge on any atom is -0.482 e. The molecule has 1 aliphatic heterocycles. The highest BCUT2D eigenvalue weighted by atomic mass is 32.2. The molecule has 7 heteroatoms. The van der Waals surface area contributed by atoms with E-state index in [9.17, 15) is 13.2 Å². The molecular weight excluding hydrogens is 280 g/mol. The number of carbonyl (C=O) groups is 1. The Balaban J connectivity index is 1.94. The highest BCUT2D eigenvalue weighted by Gasteiger charge is 2.16. The van der Waals surface area contributed by atoms with E-state index in [1.165, 1.54) is 0 Å². The number of amides is 1. The number of ether oxygens (including phenoxy) is 1. The highest BCUT2D eigenvalue weighted by Crippen LogP contribution is 2.28. The van der Waals surface area contributed by atoms with E-state index >= 15 is 0 Å². The number of carbonyl (C=O) groups excluding carboxylic acids is 1. The second-order valence-electron chi connectivity index (χ2n) is 4.63. The molecule has 20 heavy (non-hydrogen) atoms. The predicted molar refractivity (Wildman–Crippen MR) is 76.4 cm³/mol. The van der Waals surface area contributed by atoms with Crippen LogP contribution in [0.4, 0.5) is 5.69 Å². The van der Waals surface area contributed by atoms with E-state index in [0.717, 1.165) is 5.56 Å². The number of sulfonamides is 1. The zero-order chi connectivity index (χ0) is 14.6. The second-order valence-corrected chi connectivity index (χ2v) is 6.56. The number of benzene rings is 1. The molecule has 0 unspecified atom stereocenters. The number of hydrogen-bond donors (Lipinski definition) is 2. The van der Waals surface area contributed by atoms with Gasteiger partial charge in [-0.15, -0.1) is 0 Å². The Morgan fingerprint density at radius 3 is 2.95 bits per heavy atom. The number of hydrogen-bond acceptors (Lipinski definition) is 4. The van der Waals surface area contributed by atoms with Crippen molar-refractivity contribution in [1.82, 2.24) is 4.72 Å². The molecule has 0 radical (unpaired) electrons. The van der Waals surface area contributed by atoms with Gasteiger partial charge >= 0.3 is 0 Å². The summed E-state index contributed by atoms with van der Waals surface area (Å²) in [5.41, 5.74) is 1.57. The number of rotatable bonds is 6. The van der Waals surface area contributed by atoms with Crippen molar-refractivity contribution in [3.8, 4) is 5.75 Å². The molecule has 1 aromatic carbocycles. The first-order valence-electron chi connectivity index (χ1n) is 6.53. The molecule has 6 nitrogen and oxygen atoms in total. The van der Waals surface area contributed by atoms with Gasteiger partial charge in [0.2, 0.25) is 10.0 Å². The minimum atomic E-state index is -3.17. The molecule has 0 aromatic heterocycles. The summed E-state index contributed by atoms with van der Waals surface area (Å²) in [5, 5.41) is 2.72. The first-order chi connectivity index (χ1) is 9.50. The molecule has 0 fully saturated rings. The maximum atomic E-state index is 11.5. The van der Waals surface area contributed by atoms with Crippen LogP contribution in [0.5, 0.6) is 5.75 Å². The van der Waals surface area contributed by atoms with Crippen molar-refractivity contribution < 1.29 is 17.9 Å². The van der Waals surface area contributed by atoms with E-state index in [1.807, 2.05) is 13.0 Å². The van der Waals surface area contributed by atoms with Crippen LogP contribution in [0.15, 0.2) is 18.2 Å². The molecule has 0 bridgehead atoms. The lowest BCUT2D eigenvalue weighted by Crippen LogP contribution is -2.28. The Hall–Kier alpha value is -1.60. The van der Waals surface area contributed by atoms with Gasteiger partial charge in [-0.1, -0.05) is 13.0 Å². The average Bonchev–Trinajstić information content (AvgIpc) is 2.38. The Morgan fingerprint density at radius 1 is 1.40 bits per heavy atom. The molecular formula is C13H18N2O4S. The van der Waals surface area contributed by atoms with Crippen molar-refractivity contribution in [3.05, 3.63) is 23.8 Å². The maximum Gasteiger partial charge on any atom is 0.262 e. The van der Waals surface area contributed by atoms with E-state index in [1.54, 1.807) is 12.1 Å². The van der Waals surface area contributed by atoms with Gasteiger partial charge in [0, 0.05) is 6.54 Å². The van der Waals surface area contributed by atoms with Crippen molar-refractivity contribution in [3.63, 3.8) is 0 Å². The Bertz CT molecular complexity index is 598. The van der Waals surface area contributed by atoms with Gasteiger partial charge in [-0.25, -0.2) is 13.1 Å². The predicted octanol–water partition coefficient (Wildman–Crippen LogP) is 0.889. The van der Waals surface area contributed by atoms with Crippen molar-refractivity contribution >= 4 is 21.6 Å². The number of anilines is 1. The normalized spacial score (nSPS) is 14.3. The number of nitrogens with one attached hydrogen (secondary N) is 2. The Morgan fingerprint density at radius 2 is 2.20 bits per heavy atom. The van der Waals surface area contributed by atoms with Crippen LogP contribution in [-0.2, 0) is 21.2 Å². The summed E-state index contributed by atoms with van der Waals surface area (Å²) in [5.74, 6) is 0.597. The van der Waals surface area contributed by atoms with Gasteiger partial charge in [0.1, 0.15) is 5.75 Å². The fraction of sp³-hybridized carbons (Fsp3) is 0.462. The van der Waals surface area contributed by atoms with Crippen LogP contribution in [0.3, 0.4) is 0 Å². The lowest BCUT2D eigenvalue weighted by molar-refractivity contribution is -0.118. The lowest BCUT2D eigenvalue weighted by atomic mass is 10.1. The van der Waals surface area contributed by atoms with Crippen molar-refractivity contribution in [2.24, 2.45) is 0 Å². The Labute approximate surface area is 118 Å². The lowest BCUT2D eigenvalue weighted by Gasteiger charge is -2.18. The molecule has 0 saturated heterocycles. The first-order valence-corrected chi connectivity index (χ1v) is 8.18. The van der Waals surface area contributed by atoms with E-state index < -0.39 is 10.0 Å². The van der Waals surface area contributed by atoms with Crippen LogP contribution in [0.2, 0.25) is 0 Å². The monoisotopic (exact) mass is 298 g/mol. The molecule has 2 N–H and O–H groups in total. The van der Waals surface area contributed by atoms with Crippen molar-refractivity contribution in [1.29, 1.82) is 0 Å². The number of fused-ring (bicyclic) bond motifs is 1. The maximum absolute atomic E-state index is 11.5. The van der Waals surface area contributed by atoms with Gasteiger partial charge in [-0.3, -0.25) is 4.79 Å². The van der Waals surface area contributed by atoms with Crippen molar-refractivity contribution in [2.75, 3.05) is 24.2 Å². The van der Waals surface area contributed by atoms with Gasteiger partial charge in [-0.2, -0.15) is 0 Å². The third-order valence-electron chi connectivity index (χ3n) is 2.89. The quantitative estimate of drug-likeness (QED) is 0.817. The summed E-state index contributed by atoms with van der Waals surface area (Å²) in [7, 11) is -3.17. The van der Waals surface area contributed by atoms with Gasteiger partial charge in [0.15, 0.2) is 6.61 Å². The molecule has 1 aliphatic rings. The van der Waals surface area contributed by atoms with Gasteiger partial charge in [0.25, 0.3) is 5.91 Å². The van der Waals surface area contributed by atoms with Gasteiger partial charge < -0.3 is 10.1 Å². The smallest absolute Gasteiger partial charge is 0.262 e. The van der Waals surface area contributed by atoms with E-state index in [4.69, 9.17) is 4.74 Å². The topological polar surface area (TPSA) is 84.5 Å². The highest BCUT2D eigenvalue weighted by molar-refractivity contribution is 7.89. The second kappa shape index (κ2) is 6.23. The molecule has 1 heterocycles. The molecule has 1 aromatic rings. The van der Waals surface area contributed by atoms with Gasteiger partial charge in [0.05, 0.1) is 11.4 Å². The molecule has 0 aliphatic carbocycles. The fourth-order valence-electron chi connectivity index (χ4n) is 1.98. The summed E-state index contributed by atoms with van der Waals surface area (Å²) in [4.78, 5) is 11.2. The third-order valence-corrected chi connectivity index (χ3v) is 4.47. The van der Waals surface area contributed by atoms with Crippen LogP contribution >= 0.6 is 0 Å². The zero-order valence-corrected chi connectivity index (χ0v) is 12.1. The molecule has 0 spiro atoms. The molecule has 110 valence electrons. The standard InChI is InChI=1S/C13H18N2O4S/c1-2-7-20(17,18)14-6-5-10-3-4-12-11(8-10)15-13(16)9-19-12/h3-4,8,14H,2,5-7,9H2,1H3,(H,15,16). The Kier molecular flexibility index (Phi) is 4.61. The molecule has 0 atom stereocenters. The van der Waals surface area contributed by atoms with Crippen molar-refractivity contribution in [2.45, 2.75) is 19.8 Å². The third kappa shape index (κ3) is 3.94. The van der Waals surface area contributed by atoms with E-state index in [0.29, 0.717) is 30.8 Å². The van der Waals surface area contributed by atoms with Crippen LogP contribution in [0.1, 0.15) is 18.9 Å². The average molecular weight is 298 g/mol.